The molecule has 0 saturated heterocycles. The van der Waals surface area contributed by atoms with Crippen LogP contribution in [0.3, 0.4) is 0 Å². The van der Waals surface area contributed by atoms with Crippen molar-refractivity contribution in [2.45, 2.75) is 83.2 Å². The van der Waals surface area contributed by atoms with E-state index in [0.717, 1.165) is 60.4 Å². The van der Waals surface area contributed by atoms with Crippen LogP contribution in [0.2, 0.25) is 0 Å². The van der Waals surface area contributed by atoms with Gasteiger partial charge in [0.05, 0.1) is 5.35 Å². The van der Waals surface area contributed by atoms with Crippen molar-refractivity contribution in [2.75, 3.05) is 0 Å². The van der Waals surface area contributed by atoms with Gasteiger partial charge in [-0.05, 0) is 87.3 Å². The highest BCUT2D eigenvalue weighted by molar-refractivity contribution is 5.97. The van der Waals surface area contributed by atoms with E-state index in [1.807, 2.05) is 13.0 Å². The van der Waals surface area contributed by atoms with E-state index >= 15 is 0 Å². The van der Waals surface area contributed by atoms with Crippen molar-refractivity contribution >= 4 is 17.9 Å². The molecule has 0 bridgehead atoms. The molecule has 1 aliphatic heterocycles. The van der Waals surface area contributed by atoms with E-state index < -0.39 is 0 Å². The number of nitrogens with zero attached hydrogens (tertiary/aromatic N) is 3. The fourth-order valence-corrected chi connectivity index (χ4v) is 5.33. The lowest BCUT2D eigenvalue weighted by Gasteiger charge is -2.25. The van der Waals surface area contributed by atoms with Crippen LogP contribution in [-0.2, 0) is 6.42 Å². The maximum absolute atomic E-state index is 12.9. The Hall–Kier alpha value is -2.88. The van der Waals surface area contributed by atoms with Crippen molar-refractivity contribution in [3.63, 3.8) is 0 Å². The van der Waals surface area contributed by atoms with Crippen LogP contribution in [-0.4, -0.2) is 16.4 Å². The SMILES string of the molecule is Cc1nc2c(cc1C(=O)CCCCc1ccc(C3CCC4(CC3)N=N4)cc1)=CC=CC(C)CC=2. The Bertz CT molecular complexity index is 1220. The van der Waals surface area contributed by atoms with Gasteiger partial charge in [-0.25, -0.2) is 0 Å². The van der Waals surface area contributed by atoms with Crippen LogP contribution in [0.15, 0.2) is 52.7 Å². The molecule has 4 heteroatoms. The largest absolute Gasteiger partial charge is 0.294 e. The van der Waals surface area contributed by atoms with Gasteiger partial charge in [0.25, 0.3) is 0 Å². The molecule has 2 aliphatic carbocycles. The molecule has 34 heavy (non-hydrogen) atoms. The number of aromatic nitrogens is 1. The van der Waals surface area contributed by atoms with Crippen LogP contribution in [0.4, 0.5) is 0 Å². The minimum absolute atomic E-state index is 0.0205. The third-order valence-electron chi connectivity index (χ3n) is 7.71. The number of fused-ring (bicyclic) bond motifs is 1. The molecule has 0 radical (unpaired) electrons. The number of hydrogen-bond donors (Lipinski definition) is 0. The van der Waals surface area contributed by atoms with Gasteiger partial charge >= 0.3 is 0 Å². The Morgan fingerprint density at radius 3 is 2.59 bits per heavy atom. The third-order valence-corrected chi connectivity index (χ3v) is 7.71. The average Bonchev–Trinajstić information content (AvgIpc) is 3.59. The zero-order valence-corrected chi connectivity index (χ0v) is 20.5. The molecule has 4 nitrogen and oxygen atoms in total. The molecule has 1 aromatic carbocycles. The number of allylic oxidation sites excluding steroid dienone is 2. The van der Waals surface area contributed by atoms with Gasteiger partial charge in [0, 0.05) is 22.9 Å². The van der Waals surface area contributed by atoms with E-state index in [9.17, 15) is 4.79 Å². The van der Waals surface area contributed by atoms with Crippen molar-refractivity contribution in [1.29, 1.82) is 0 Å². The summed E-state index contributed by atoms with van der Waals surface area (Å²) in [6.45, 7) is 4.17. The first kappa shape index (κ1) is 22.9. The molecule has 2 aromatic rings. The smallest absolute Gasteiger partial charge is 0.191 e. The average molecular weight is 454 g/mol. The lowest BCUT2D eigenvalue weighted by molar-refractivity contribution is 0.0978. The number of carbonyl (C=O) groups excluding carboxylic acids is 1. The Morgan fingerprint density at radius 2 is 1.85 bits per heavy atom. The van der Waals surface area contributed by atoms with Crippen LogP contribution in [0.5, 0.6) is 0 Å². The summed E-state index contributed by atoms with van der Waals surface area (Å²) in [6, 6.07) is 11.2. The minimum Gasteiger partial charge on any atom is -0.294 e. The molecule has 1 atom stereocenters. The third kappa shape index (κ3) is 5.27. The van der Waals surface area contributed by atoms with Crippen molar-refractivity contribution in [3.05, 3.63) is 75.4 Å². The maximum Gasteiger partial charge on any atom is 0.191 e. The first-order chi connectivity index (χ1) is 16.5. The van der Waals surface area contributed by atoms with Gasteiger partial charge in [0.1, 0.15) is 0 Å². The quantitative estimate of drug-likeness (QED) is 0.383. The second-order valence-corrected chi connectivity index (χ2v) is 10.4. The maximum atomic E-state index is 12.9. The summed E-state index contributed by atoms with van der Waals surface area (Å²) in [6.07, 6.45) is 17.7. The summed E-state index contributed by atoms with van der Waals surface area (Å²) in [4.78, 5) is 17.7. The molecule has 5 rings (SSSR count). The van der Waals surface area contributed by atoms with E-state index in [2.05, 4.69) is 65.7 Å². The van der Waals surface area contributed by atoms with Gasteiger partial charge in [-0.1, -0.05) is 55.5 Å². The van der Waals surface area contributed by atoms with Crippen molar-refractivity contribution in [3.8, 4) is 0 Å². The highest BCUT2D eigenvalue weighted by Gasteiger charge is 2.43. The Balaban J connectivity index is 1.13. The van der Waals surface area contributed by atoms with Crippen molar-refractivity contribution < 1.29 is 4.79 Å². The number of unbranched alkanes of at least 4 members (excludes halogenated alkanes) is 1. The normalized spacial score (nSPS) is 20.7. The lowest BCUT2D eigenvalue weighted by Crippen LogP contribution is -2.31. The Morgan fingerprint density at radius 1 is 1.09 bits per heavy atom. The highest BCUT2D eigenvalue weighted by Crippen LogP contribution is 2.47. The zero-order valence-electron chi connectivity index (χ0n) is 20.5. The number of Topliss-reactive ketones (excluding diaryl/α,β-unsaturated/α-hetero) is 1. The molecule has 1 aromatic heterocycles. The topological polar surface area (TPSA) is 54.7 Å². The first-order valence-corrected chi connectivity index (χ1v) is 12.9. The summed E-state index contributed by atoms with van der Waals surface area (Å²) in [5, 5.41) is 10.5. The number of hydrogen-bond acceptors (Lipinski definition) is 4. The Labute approximate surface area is 202 Å². The van der Waals surface area contributed by atoms with Crippen molar-refractivity contribution in [2.24, 2.45) is 16.1 Å². The minimum atomic E-state index is 0.0205. The number of pyridine rings is 1. The van der Waals surface area contributed by atoms with E-state index in [1.54, 1.807) is 0 Å². The lowest BCUT2D eigenvalue weighted by atomic mass is 9.80. The van der Waals surface area contributed by atoms with E-state index in [0.29, 0.717) is 18.3 Å². The predicted octanol–water partition coefficient (Wildman–Crippen LogP) is 5.96. The number of rotatable bonds is 7. The predicted molar refractivity (Wildman–Crippen MR) is 137 cm³/mol. The number of ketones is 1. The molecular weight excluding hydrogens is 418 g/mol. The monoisotopic (exact) mass is 453 g/mol. The molecule has 0 amide bonds. The van der Waals surface area contributed by atoms with Gasteiger partial charge in [0.15, 0.2) is 11.4 Å². The number of aryl methyl sites for hydroxylation is 2. The second kappa shape index (κ2) is 9.77. The van der Waals surface area contributed by atoms with E-state index in [-0.39, 0.29) is 11.4 Å². The van der Waals surface area contributed by atoms with Crippen LogP contribution in [0, 0.1) is 12.8 Å². The van der Waals surface area contributed by atoms with Gasteiger partial charge in [0.2, 0.25) is 0 Å². The highest BCUT2D eigenvalue weighted by atomic mass is 16.1. The van der Waals surface area contributed by atoms with Gasteiger partial charge in [-0.2, -0.15) is 10.2 Å². The van der Waals surface area contributed by atoms with Crippen LogP contribution in [0.1, 0.15) is 91.4 Å². The van der Waals surface area contributed by atoms with Gasteiger partial charge < -0.3 is 0 Å². The molecule has 3 aliphatic rings. The molecule has 1 spiro atoms. The van der Waals surface area contributed by atoms with Gasteiger partial charge in [-0.3, -0.25) is 9.78 Å². The fraction of sp³-hybridized carbons (Fsp3) is 0.467. The molecule has 1 fully saturated rings. The van der Waals surface area contributed by atoms with Gasteiger partial charge in [-0.15, -0.1) is 0 Å². The van der Waals surface area contributed by atoms with E-state index in [1.165, 1.54) is 24.0 Å². The number of carbonyl (C=O) groups is 1. The van der Waals surface area contributed by atoms with Crippen molar-refractivity contribution in [1.82, 2.24) is 4.98 Å². The van der Waals surface area contributed by atoms with Crippen LogP contribution >= 0.6 is 0 Å². The zero-order chi connectivity index (χ0) is 23.5. The summed E-state index contributed by atoms with van der Waals surface area (Å²) in [7, 11) is 0. The summed E-state index contributed by atoms with van der Waals surface area (Å²) >= 11 is 0. The summed E-state index contributed by atoms with van der Waals surface area (Å²) < 4.78 is 0. The first-order valence-electron chi connectivity index (χ1n) is 12.9. The molecule has 0 N–H and O–H groups in total. The Kier molecular flexibility index (Phi) is 6.58. The van der Waals surface area contributed by atoms with Crippen LogP contribution in [0.25, 0.3) is 12.2 Å². The standard InChI is InChI=1S/C30H35N3O/c1-21-6-5-8-26-20-27(22(2)31-28(26)15-10-21)29(34)9-4-3-7-23-11-13-24(14-12-23)25-16-18-30(19-17-25)32-33-30/h5-6,8,11-15,20-21,25H,3-4,7,9-10,16-19H2,1-2H3. The summed E-state index contributed by atoms with van der Waals surface area (Å²) in [5.74, 6) is 1.37. The fourth-order valence-electron chi connectivity index (χ4n) is 5.33. The molecular formula is C30H35N3O. The number of benzene rings is 1. The molecule has 1 saturated carbocycles. The van der Waals surface area contributed by atoms with E-state index in [4.69, 9.17) is 4.98 Å². The molecule has 2 heterocycles. The second-order valence-electron chi connectivity index (χ2n) is 10.4. The molecule has 176 valence electrons. The summed E-state index contributed by atoms with van der Waals surface area (Å²) in [5.41, 5.74) is 4.46. The van der Waals surface area contributed by atoms with Crippen LogP contribution < -0.4 is 10.6 Å². The molecule has 1 unspecified atom stereocenters.